The lowest BCUT2D eigenvalue weighted by atomic mass is 9.82. The fraction of sp³-hybridized carbons (Fsp3) is 0.375. The monoisotopic (exact) mass is 732 g/mol. The molecule has 0 bridgehead atoms. The molecule has 2 aliphatic heterocycles. The van der Waals surface area contributed by atoms with Gasteiger partial charge in [-0.05, 0) is 71.5 Å². The van der Waals surface area contributed by atoms with Crippen LogP contribution >= 0.6 is 0 Å². The molecule has 6 unspecified atom stereocenters. The molecule has 1 fully saturated rings. The molecule has 0 spiro atoms. The summed E-state index contributed by atoms with van der Waals surface area (Å²) in [4.78, 5) is 13.2. The molecule has 2 aliphatic rings. The van der Waals surface area contributed by atoms with Crippen LogP contribution in [0.5, 0.6) is 46.0 Å². The summed E-state index contributed by atoms with van der Waals surface area (Å²) in [6.45, 7) is -0.620. The number of hydrogen-bond donors (Lipinski definition) is 6. The Morgan fingerprint density at radius 2 is 1.40 bits per heavy atom. The average Bonchev–Trinajstić information content (AvgIpc) is 3.71. The SMILES string of the molecule is COc1cc(C(O)C(CO)c2cc(CC3COC(=O)C3Cc3cc(OC)c4c(c3)C(CO)C(c3ccc(O)c(OC)c3)O4)cc(OC)c2O)ccc1O. The van der Waals surface area contributed by atoms with Crippen molar-refractivity contribution in [2.45, 2.75) is 36.9 Å². The van der Waals surface area contributed by atoms with Crippen molar-refractivity contribution in [3.8, 4) is 46.0 Å². The predicted molar refractivity (Wildman–Crippen MR) is 190 cm³/mol. The van der Waals surface area contributed by atoms with Crippen LogP contribution < -0.4 is 23.7 Å². The van der Waals surface area contributed by atoms with E-state index < -0.39 is 36.6 Å². The maximum Gasteiger partial charge on any atom is 0.309 e. The Morgan fingerprint density at radius 3 is 2.06 bits per heavy atom. The van der Waals surface area contributed by atoms with Gasteiger partial charge >= 0.3 is 5.97 Å². The number of methoxy groups -OCH3 is 4. The number of phenolic OH excluding ortho intramolecular Hbond substituents is 3. The third-order valence-electron chi connectivity index (χ3n) is 10.3. The molecule has 282 valence electrons. The standard InChI is InChI=1S/C40H44O13/c1-48-32-15-22(5-7-30(32)43)36(45)28(17-41)26-11-20(13-34(50-3)37(26)46)9-24-19-52-40(47)25(24)10-21-12-27-29(18-42)38(53-39(27)35(14-21)51-4)23-6-8-31(44)33(16-23)49-2/h5-8,11-16,24-25,28-29,36,38,41-46H,9-10,17-19H2,1-4H3. The van der Waals surface area contributed by atoms with E-state index in [0.717, 1.165) is 11.1 Å². The summed E-state index contributed by atoms with van der Waals surface area (Å²) in [6.07, 6.45) is -1.24. The molecule has 13 heteroatoms. The van der Waals surface area contributed by atoms with Gasteiger partial charge in [-0.2, -0.15) is 0 Å². The number of carbonyl (C=O) groups excluding carboxylic acids is 1. The maximum absolute atomic E-state index is 13.2. The molecule has 2 heterocycles. The molecule has 6 atom stereocenters. The number of aliphatic hydroxyl groups is 3. The Balaban J connectivity index is 1.27. The van der Waals surface area contributed by atoms with Crippen molar-refractivity contribution in [2.75, 3.05) is 48.3 Å². The zero-order valence-electron chi connectivity index (χ0n) is 29.8. The summed E-state index contributed by atoms with van der Waals surface area (Å²) in [6, 6.07) is 16.3. The third kappa shape index (κ3) is 7.19. The number of ether oxygens (including phenoxy) is 6. The van der Waals surface area contributed by atoms with Crippen molar-refractivity contribution in [1.29, 1.82) is 0 Å². The minimum Gasteiger partial charge on any atom is -0.504 e. The van der Waals surface area contributed by atoms with Gasteiger partial charge in [0.15, 0.2) is 46.0 Å². The van der Waals surface area contributed by atoms with Crippen LogP contribution in [0.2, 0.25) is 0 Å². The Bertz CT molecular complexity index is 1960. The topological polar surface area (TPSA) is 194 Å². The lowest BCUT2D eigenvalue weighted by molar-refractivity contribution is -0.141. The van der Waals surface area contributed by atoms with Crippen molar-refractivity contribution in [3.63, 3.8) is 0 Å². The van der Waals surface area contributed by atoms with E-state index in [4.69, 9.17) is 28.4 Å². The molecule has 0 amide bonds. The largest absolute Gasteiger partial charge is 0.504 e. The quantitative estimate of drug-likeness (QED) is 0.0999. The summed E-state index contributed by atoms with van der Waals surface area (Å²) in [5.74, 6) is -1.57. The molecule has 4 aromatic carbocycles. The van der Waals surface area contributed by atoms with Crippen LogP contribution in [-0.4, -0.2) is 84.9 Å². The van der Waals surface area contributed by atoms with E-state index in [1.165, 1.54) is 52.7 Å². The summed E-state index contributed by atoms with van der Waals surface area (Å²) in [5, 5.41) is 63.6. The van der Waals surface area contributed by atoms with Gasteiger partial charge in [0, 0.05) is 23.0 Å². The van der Waals surface area contributed by atoms with Gasteiger partial charge in [-0.15, -0.1) is 0 Å². The summed E-state index contributed by atoms with van der Waals surface area (Å²) < 4.78 is 33.6. The minimum atomic E-state index is -1.29. The zero-order valence-corrected chi connectivity index (χ0v) is 29.8. The van der Waals surface area contributed by atoms with Gasteiger partial charge < -0.3 is 59.1 Å². The highest BCUT2D eigenvalue weighted by atomic mass is 16.5. The van der Waals surface area contributed by atoms with Crippen LogP contribution in [0.25, 0.3) is 0 Å². The molecule has 1 saturated heterocycles. The second-order valence-electron chi connectivity index (χ2n) is 13.3. The summed E-state index contributed by atoms with van der Waals surface area (Å²) in [7, 11) is 5.75. The van der Waals surface area contributed by atoms with Crippen molar-refractivity contribution < 1.29 is 63.9 Å². The molecule has 13 nitrogen and oxygen atoms in total. The first-order chi connectivity index (χ1) is 25.5. The van der Waals surface area contributed by atoms with Gasteiger partial charge in [0.05, 0.1) is 66.2 Å². The second kappa shape index (κ2) is 15.7. The number of hydrogen-bond acceptors (Lipinski definition) is 13. The van der Waals surface area contributed by atoms with Gasteiger partial charge in [-0.3, -0.25) is 4.79 Å². The van der Waals surface area contributed by atoms with Crippen molar-refractivity contribution in [2.24, 2.45) is 11.8 Å². The van der Waals surface area contributed by atoms with E-state index in [1.54, 1.807) is 24.3 Å². The van der Waals surface area contributed by atoms with Gasteiger partial charge in [-0.25, -0.2) is 0 Å². The first kappa shape index (κ1) is 37.4. The first-order valence-electron chi connectivity index (χ1n) is 17.1. The highest BCUT2D eigenvalue weighted by Crippen LogP contribution is 2.52. The van der Waals surface area contributed by atoms with E-state index in [1.807, 2.05) is 12.1 Å². The van der Waals surface area contributed by atoms with Crippen LogP contribution in [0, 0.1) is 11.8 Å². The minimum absolute atomic E-state index is 0.0203. The van der Waals surface area contributed by atoms with E-state index in [2.05, 4.69) is 0 Å². The Labute approximate surface area is 306 Å². The molecule has 6 rings (SSSR count). The van der Waals surface area contributed by atoms with E-state index in [0.29, 0.717) is 41.0 Å². The highest BCUT2D eigenvalue weighted by molar-refractivity contribution is 5.75. The fourth-order valence-corrected chi connectivity index (χ4v) is 7.43. The predicted octanol–water partition coefficient (Wildman–Crippen LogP) is 4.43. The third-order valence-corrected chi connectivity index (χ3v) is 10.3. The lowest BCUT2D eigenvalue weighted by Gasteiger charge is -2.25. The second-order valence-corrected chi connectivity index (χ2v) is 13.3. The van der Waals surface area contributed by atoms with E-state index in [-0.39, 0.29) is 65.2 Å². The van der Waals surface area contributed by atoms with Crippen LogP contribution in [0.3, 0.4) is 0 Å². The highest BCUT2D eigenvalue weighted by Gasteiger charge is 2.41. The number of fused-ring (bicyclic) bond motifs is 1. The lowest BCUT2D eigenvalue weighted by Crippen LogP contribution is -2.21. The van der Waals surface area contributed by atoms with E-state index >= 15 is 0 Å². The van der Waals surface area contributed by atoms with Crippen LogP contribution in [0.1, 0.15) is 57.4 Å². The maximum atomic E-state index is 13.2. The van der Waals surface area contributed by atoms with Gasteiger partial charge in [0.25, 0.3) is 0 Å². The number of carbonyl (C=O) groups is 1. The van der Waals surface area contributed by atoms with Crippen LogP contribution in [0.4, 0.5) is 0 Å². The normalized spacial score (nSPS) is 20.2. The van der Waals surface area contributed by atoms with Gasteiger partial charge in [0.2, 0.25) is 0 Å². The Kier molecular flexibility index (Phi) is 11.1. The molecule has 0 aromatic heterocycles. The number of esters is 1. The number of cyclic esters (lactones) is 1. The number of benzene rings is 4. The molecule has 4 aromatic rings. The van der Waals surface area contributed by atoms with Crippen LogP contribution in [0.15, 0.2) is 60.7 Å². The molecule has 0 radical (unpaired) electrons. The molecule has 53 heavy (non-hydrogen) atoms. The summed E-state index contributed by atoms with van der Waals surface area (Å²) in [5.41, 5.74) is 3.46. The van der Waals surface area contributed by atoms with Crippen molar-refractivity contribution >= 4 is 5.97 Å². The molecular formula is C40H44O13. The fourth-order valence-electron chi connectivity index (χ4n) is 7.43. The Hall–Kier alpha value is -5.37. The number of rotatable bonds is 14. The van der Waals surface area contributed by atoms with Crippen molar-refractivity contribution in [1.82, 2.24) is 0 Å². The first-order valence-corrected chi connectivity index (χ1v) is 17.1. The van der Waals surface area contributed by atoms with Crippen molar-refractivity contribution in [3.05, 3.63) is 94.0 Å². The van der Waals surface area contributed by atoms with Gasteiger partial charge in [-0.1, -0.05) is 24.3 Å². The van der Waals surface area contributed by atoms with Crippen LogP contribution in [-0.2, 0) is 22.4 Å². The van der Waals surface area contributed by atoms with E-state index in [9.17, 15) is 35.4 Å². The summed E-state index contributed by atoms with van der Waals surface area (Å²) >= 11 is 0. The molecular weight excluding hydrogens is 688 g/mol. The number of aliphatic hydroxyl groups excluding tert-OH is 3. The number of phenols is 3. The Morgan fingerprint density at radius 1 is 0.755 bits per heavy atom. The molecule has 6 N–H and O–H groups in total. The average molecular weight is 733 g/mol. The smallest absolute Gasteiger partial charge is 0.309 e. The number of aromatic hydroxyl groups is 3. The molecule has 0 aliphatic carbocycles. The van der Waals surface area contributed by atoms with Gasteiger partial charge in [0.1, 0.15) is 6.10 Å². The zero-order chi connectivity index (χ0) is 38.0. The molecule has 0 saturated carbocycles.